The van der Waals surface area contributed by atoms with Crippen LogP contribution in [0, 0.1) is 5.82 Å². The number of piperidine rings is 1. The van der Waals surface area contributed by atoms with Crippen molar-refractivity contribution in [3.05, 3.63) is 65.0 Å². The van der Waals surface area contributed by atoms with Crippen molar-refractivity contribution in [3.63, 3.8) is 0 Å². The minimum absolute atomic E-state index is 0.147. The number of hydrogen-bond acceptors (Lipinski definition) is 2. The van der Waals surface area contributed by atoms with Crippen LogP contribution in [0.2, 0.25) is 0 Å². The average Bonchev–Trinajstić information content (AvgIpc) is 3.06. The Labute approximate surface area is 147 Å². The van der Waals surface area contributed by atoms with Crippen LogP contribution in [-0.4, -0.2) is 24.0 Å². The molecule has 2 N–H and O–H groups in total. The lowest BCUT2D eigenvalue weighted by atomic mass is 9.90. The van der Waals surface area contributed by atoms with E-state index in [1.807, 2.05) is 12.1 Å². The first kappa shape index (κ1) is 16.1. The number of anilines is 1. The lowest BCUT2D eigenvalue weighted by Gasteiger charge is -2.23. The zero-order valence-corrected chi connectivity index (χ0v) is 14.1. The number of benzene rings is 2. The number of carbonyl (C=O) groups is 1. The molecule has 130 valence electrons. The molecule has 0 saturated carbocycles. The van der Waals surface area contributed by atoms with Gasteiger partial charge in [0.15, 0.2) is 0 Å². The second-order valence-corrected chi connectivity index (χ2v) is 6.85. The lowest BCUT2D eigenvalue weighted by Crippen LogP contribution is -2.30. The van der Waals surface area contributed by atoms with Gasteiger partial charge in [-0.25, -0.2) is 9.18 Å². The molecule has 4 nitrogen and oxygen atoms in total. The monoisotopic (exact) mass is 339 g/mol. The van der Waals surface area contributed by atoms with E-state index < -0.39 is 0 Å². The van der Waals surface area contributed by atoms with Gasteiger partial charge in [0.2, 0.25) is 0 Å². The third-order valence-electron chi connectivity index (χ3n) is 5.15. The van der Waals surface area contributed by atoms with Crippen molar-refractivity contribution in [2.75, 3.05) is 18.4 Å². The normalized spacial score (nSPS) is 17.4. The van der Waals surface area contributed by atoms with E-state index in [0.29, 0.717) is 19.0 Å². The zero-order chi connectivity index (χ0) is 17.2. The summed E-state index contributed by atoms with van der Waals surface area (Å²) in [4.78, 5) is 14.2. The topological polar surface area (TPSA) is 44.4 Å². The average molecular weight is 339 g/mol. The molecule has 1 saturated heterocycles. The van der Waals surface area contributed by atoms with E-state index in [-0.39, 0.29) is 11.8 Å². The number of fused-ring (bicyclic) bond motifs is 1. The molecular formula is C20H22FN3O. The number of amides is 2. The molecule has 2 aromatic rings. The molecule has 0 radical (unpaired) electrons. The molecule has 1 fully saturated rings. The quantitative estimate of drug-likeness (QED) is 0.873. The maximum atomic E-state index is 13.3. The Kier molecular flexibility index (Phi) is 4.40. The van der Waals surface area contributed by atoms with E-state index in [4.69, 9.17) is 0 Å². The summed E-state index contributed by atoms with van der Waals surface area (Å²) >= 11 is 0. The molecule has 2 aromatic carbocycles. The van der Waals surface area contributed by atoms with Crippen LogP contribution >= 0.6 is 0 Å². The van der Waals surface area contributed by atoms with Crippen LogP contribution in [-0.2, 0) is 13.1 Å². The lowest BCUT2D eigenvalue weighted by molar-refractivity contribution is 0.212. The van der Waals surface area contributed by atoms with E-state index in [1.165, 1.54) is 17.7 Å². The first-order valence-corrected chi connectivity index (χ1v) is 8.83. The summed E-state index contributed by atoms with van der Waals surface area (Å²) in [6, 6.07) is 12.7. The predicted octanol–water partition coefficient (Wildman–Crippen LogP) is 3.84. The molecule has 0 unspecified atom stereocenters. The minimum atomic E-state index is -0.255. The molecule has 5 heteroatoms. The summed E-state index contributed by atoms with van der Waals surface area (Å²) in [5, 5.41) is 6.32. The summed E-state index contributed by atoms with van der Waals surface area (Å²) in [6.45, 7) is 3.11. The number of hydrogen-bond donors (Lipinski definition) is 2. The molecule has 25 heavy (non-hydrogen) atoms. The number of carbonyl (C=O) groups excluding carboxylic acids is 1. The Balaban J connectivity index is 1.38. The van der Waals surface area contributed by atoms with Crippen molar-refractivity contribution < 1.29 is 9.18 Å². The Hall–Kier alpha value is -2.40. The highest BCUT2D eigenvalue weighted by molar-refractivity contribution is 5.89. The molecule has 0 atom stereocenters. The van der Waals surface area contributed by atoms with Gasteiger partial charge in [-0.2, -0.15) is 0 Å². The van der Waals surface area contributed by atoms with Crippen molar-refractivity contribution in [3.8, 4) is 0 Å². The molecule has 0 aromatic heterocycles. The smallest absolute Gasteiger partial charge is 0.317 e. The molecule has 2 heterocycles. The van der Waals surface area contributed by atoms with Gasteiger partial charge in [0.1, 0.15) is 5.82 Å². The fourth-order valence-electron chi connectivity index (χ4n) is 3.70. The van der Waals surface area contributed by atoms with Crippen molar-refractivity contribution in [1.29, 1.82) is 0 Å². The first-order valence-electron chi connectivity index (χ1n) is 8.83. The van der Waals surface area contributed by atoms with Crippen LogP contribution in [0.5, 0.6) is 0 Å². The van der Waals surface area contributed by atoms with E-state index >= 15 is 0 Å². The van der Waals surface area contributed by atoms with E-state index in [9.17, 15) is 9.18 Å². The SMILES string of the molecule is O=C(Nc1ccc(C2CCNCC2)cc1)N1Cc2ccc(F)cc2C1. The molecule has 0 aliphatic carbocycles. The number of halogens is 1. The van der Waals surface area contributed by atoms with E-state index in [2.05, 4.69) is 22.8 Å². The van der Waals surface area contributed by atoms with Crippen LogP contribution in [0.4, 0.5) is 14.9 Å². The number of rotatable bonds is 2. The standard InChI is InChI=1S/C20H22FN3O/c21-18-4-1-16-12-24(13-17(16)11-18)20(25)23-19-5-2-14(3-6-19)15-7-9-22-10-8-15/h1-6,11,15,22H,7-10,12-13H2,(H,23,25). The highest BCUT2D eigenvalue weighted by Gasteiger charge is 2.23. The first-order chi connectivity index (χ1) is 12.2. The van der Waals surface area contributed by atoms with Crippen molar-refractivity contribution >= 4 is 11.7 Å². The largest absolute Gasteiger partial charge is 0.322 e. The van der Waals surface area contributed by atoms with Gasteiger partial charge in [-0.05, 0) is 72.8 Å². The maximum Gasteiger partial charge on any atom is 0.322 e. The molecule has 2 aliphatic rings. The molecular weight excluding hydrogens is 317 g/mol. The third kappa shape index (κ3) is 3.51. The zero-order valence-electron chi connectivity index (χ0n) is 14.1. The molecule has 4 rings (SSSR count). The van der Waals surface area contributed by atoms with Crippen LogP contribution in [0.3, 0.4) is 0 Å². The van der Waals surface area contributed by atoms with Crippen molar-refractivity contribution in [2.24, 2.45) is 0 Å². The summed E-state index contributed by atoms with van der Waals surface area (Å²) in [5.41, 5.74) is 4.03. The predicted molar refractivity (Wildman–Crippen MR) is 96.0 cm³/mol. The number of nitrogens with zero attached hydrogens (tertiary/aromatic N) is 1. The molecule has 2 amide bonds. The van der Waals surface area contributed by atoms with Gasteiger partial charge in [0, 0.05) is 18.8 Å². The van der Waals surface area contributed by atoms with Crippen molar-refractivity contribution in [2.45, 2.75) is 31.8 Å². The number of nitrogens with one attached hydrogen (secondary N) is 2. The highest BCUT2D eigenvalue weighted by Crippen LogP contribution is 2.27. The van der Waals surface area contributed by atoms with Crippen molar-refractivity contribution in [1.82, 2.24) is 10.2 Å². The second-order valence-electron chi connectivity index (χ2n) is 6.85. The van der Waals surface area contributed by atoms with Gasteiger partial charge < -0.3 is 15.5 Å². The molecule has 0 spiro atoms. The fraction of sp³-hybridized carbons (Fsp3) is 0.350. The maximum absolute atomic E-state index is 13.3. The Morgan fingerprint density at radius 2 is 1.76 bits per heavy atom. The van der Waals surface area contributed by atoms with Crippen LogP contribution in [0.25, 0.3) is 0 Å². The summed E-state index contributed by atoms with van der Waals surface area (Å²) in [6.07, 6.45) is 2.32. The second kappa shape index (κ2) is 6.84. The molecule has 0 bridgehead atoms. The van der Waals surface area contributed by atoms with Crippen LogP contribution in [0.15, 0.2) is 42.5 Å². The number of urea groups is 1. The molecule has 2 aliphatic heterocycles. The van der Waals surface area contributed by atoms with Gasteiger partial charge in [-0.1, -0.05) is 18.2 Å². The van der Waals surface area contributed by atoms with Gasteiger partial charge in [-0.15, -0.1) is 0 Å². The van der Waals surface area contributed by atoms with E-state index in [0.717, 1.165) is 42.7 Å². The van der Waals surface area contributed by atoms with Gasteiger partial charge in [-0.3, -0.25) is 0 Å². The van der Waals surface area contributed by atoms with Gasteiger partial charge in [0.25, 0.3) is 0 Å². The minimum Gasteiger partial charge on any atom is -0.317 e. The van der Waals surface area contributed by atoms with Crippen LogP contribution < -0.4 is 10.6 Å². The highest BCUT2D eigenvalue weighted by atomic mass is 19.1. The summed E-state index contributed by atoms with van der Waals surface area (Å²) in [5.74, 6) is 0.350. The Morgan fingerprint density at radius 3 is 2.52 bits per heavy atom. The van der Waals surface area contributed by atoms with Gasteiger partial charge >= 0.3 is 6.03 Å². The fourth-order valence-corrected chi connectivity index (χ4v) is 3.70. The summed E-state index contributed by atoms with van der Waals surface area (Å²) in [7, 11) is 0. The van der Waals surface area contributed by atoms with E-state index in [1.54, 1.807) is 11.0 Å². The summed E-state index contributed by atoms with van der Waals surface area (Å²) < 4.78 is 13.3. The third-order valence-corrected chi connectivity index (χ3v) is 5.15. The van der Waals surface area contributed by atoms with Crippen LogP contribution in [0.1, 0.15) is 35.4 Å². The Bertz CT molecular complexity index is 769. The van der Waals surface area contributed by atoms with Gasteiger partial charge in [0.05, 0.1) is 0 Å². The Morgan fingerprint density at radius 1 is 1.04 bits per heavy atom.